The Morgan fingerprint density at radius 2 is 2.16 bits per heavy atom. The highest BCUT2D eigenvalue weighted by molar-refractivity contribution is 7.89. The number of halogens is 1. The topological polar surface area (TPSA) is 70.0 Å². The molecule has 0 aliphatic heterocycles. The maximum absolute atomic E-state index is 12.2. The van der Waals surface area contributed by atoms with Crippen LogP contribution in [-0.4, -0.2) is 14.5 Å². The third-order valence-corrected chi connectivity index (χ3v) is 5.59. The van der Waals surface area contributed by atoms with Crippen molar-refractivity contribution in [2.45, 2.75) is 37.1 Å². The molecule has 4 nitrogen and oxygen atoms in total. The van der Waals surface area contributed by atoms with E-state index in [1.165, 1.54) is 18.2 Å². The van der Waals surface area contributed by atoms with E-state index < -0.39 is 10.0 Å². The van der Waals surface area contributed by atoms with Crippen molar-refractivity contribution in [3.8, 4) is 6.07 Å². The van der Waals surface area contributed by atoms with Gasteiger partial charge in [0, 0.05) is 6.04 Å². The predicted molar refractivity (Wildman–Crippen MR) is 73.3 cm³/mol. The van der Waals surface area contributed by atoms with Crippen molar-refractivity contribution in [2.24, 2.45) is 5.92 Å². The molecule has 0 spiro atoms. The summed E-state index contributed by atoms with van der Waals surface area (Å²) in [7, 11) is -3.63. The second-order valence-electron chi connectivity index (χ2n) is 4.86. The lowest BCUT2D eigenvalue weighted by molar-refractivity contribution is 0.260. The highest BCUT2D eigenvalue weighted by Crippen LogP contribution is 2.30. The Labute approximate surface area is 118 Å². The summed E-state index contributed by atoms with van der Waals surface area (Å²) < 4.78 is 27.1. The lowest BCUT2D eigenvalue weighted by Gasteiger charge is -2.31. The minimum atomic E-state index is -3.63. The number of nitrogens with zero attached hydrogens (tertiary/aromatic N) is 1. The van der Waals surface area contributed by atoms with Crippen LogP contribution < -0.4 is 4.72 Å². The lowest BCUT2D eigenvalue weighted by Crippen LogP contribution is -2.40. The average molecular weight is 299 g/mol. The van der Waals surface area contributed by atoms with Crippen molar-refractivity contribution in [2.75, 3.05) is 0 Å². The first-order valence-electron chi connectivity index (χ1n) is 6.16. The van der Waals surface area contributed by atoms with E-state index in [2.05, 4.69) is 4.72 Å². The minimum Gasteiger partial charge on any atom is -0.208 e. The molecule has 0 saturated heterocycles. The molecular formula is C13H15ClN2O2S. The summed E-state index contributed by atoms with van der Waals surface area (Å²) in [5.41, 5.74) is 0.344. The third kappa shape index (κ3) is 3.08. The monoisotopic (exact) mass is 298 g/mol. The molecule has 1 unspecified atom stereocenters. The second-order valence-corrected chi connectivity index (χ2v) is 6.95. The first-order chi connectivity index (χ1) is 8.94. The van der Waals surface area contributed by atoms with Crippen molar-refractivity contribution in [3.05, 3.63) is 28.8 Å². The molecule has 0 heterocycles. The van der Waals surface area contributed by atoms with Crippen LogP contribution >= 0.6 is 11.6 Å². The van der Waals surface area contributed by atoms with Crippen molar-refractivity contribution in [1.29, 1.82) is 5.26 Å². The van der Waals surface area contributed by atoms with Gasteiger partial charge in [0.05, 0.1) is 16.7 Å². The largest absolute Gasteiger partial charge is 0.242 e. The van der Waals surface area contributed by atoms with Gasteiger partial charge in [0.15, 0.2) is 0 Å². The highest BCUT2D eigenvalue weighted by atomic mass is 35.5. The van der Waals surface area contributed by atoms with Crippen LogP contribution in [0.3, 0.4) is 0 Å². The van der Waals surface area contributed by atoms with Crippen molar-refractivity contribution >= 4 is 21.6 Å². The van der Waals surface area contributed by atoms with Gasteiger partial charge in [-0.1, -0.05) is 18.0 Å². The molecule has 1 N–H and O–H groups in total. The van der Waals surface area contributed by atoms with Crippen molar-refractivity contribution in [3.63, 3.8) is 0 Å². The molecule has 102 valence electrons. The smallest absolute Gasteiger partial charge is 0.208 e. The SMILES string of the molecule is CC(NS(=O)(=O)c1ccc(C#N)cc1Cl)C1CCC1. The summed E-state index contributed by atoms with van der Waals surface area (Å²) in [6, 6.07) is 6.02. The highest BCUT2D eigenvalue weighted by Gasteiger charge is 2.28. The van der Waals surface area contributed by atoms with Gasteiger partial charge in [-0.15, -0.1) is 0 Å². The maximum atomic E-state index is 12.2. The molecule has 1 aromatic rings. The quantitative estimate of drug-likeness (QED) is 0.929. The van der Waals surface area contributed by atoms with Crippen molar-refractivity contribution in [1.82, 2.24) is 4.72 Å². The van der Waals surface area contributed by atoms with Crippen LogP contribution in [0.2, 0.25) is 5.02 Å². The molecule has 1 aliphatic rings. The molecule has 0 aromatic heterocycles. The van der Waals surface area contributed by atoms with Gasteiger partial charge in [-0.05, 0) is 43.9 Å². The number of benzene rings is 1. The molecule has 1 aliphatic carbocycles. The standard InChI is InChI=1S/C13H15ClN2O2S/c1-9(11-3-2-4-11)16-19(17,18)13-6-5-10(8-15)7-12(13)14/h5-7,9,11,16H,2-4H2,1H3. The Kier molecular flexibility index (Phi) is 4.14. The summed E-state index contributed by atoms with van der Waals surface area (Å²) in [6.45, 7) is 1.87. The zero-order valence-corrected chi connectivity index (χ0v) is 12.1. The number of sulfonamides is 1. The molecule has 2 rings (SSSR count). The van der Waals surface area contributed by atoms with Gasteiger partial charge in [0.1, 0.15) is 4.90 Å². The van der Waals surface area contributed by atoms with Gasteiger partial charge >= 0.3 is 0 Å². The fourth-order valence-corrected chi connectivity index (χ4v) is 3.99. The fraction of sp³-hybridized carbons (Fsp3) is 0.462. The molecule has 19 heavy (non-hydrogen) atoms. The Morgan fingerprint density at radius 3 is 2.63 bits per heavy atom. The maximum Gasteiger partial charge on any atom is 0.242 e. The number of nitriles is 1. The molecule has 1 atom stereocenters. The van der Waals surface area contributed by atoms with E-state index in [1.807, 2.05) is 13.0 Å². The molecule has 1 aromatic carbocycles. The van der Waals surface area contributed by atoms with Gasteiger partial charge in [0.25, 0.3) is 0 Å². The van der Waals surface area contributed by atoms with Crippen LogP contribution in [0.5, 0.6) is 0 Å². The first kappa shape index (κ1) is 14.3. The van der Waals surface area contributed by atoms with Gasteiger partial charge in [-0.25, -0.2) is 13.1 Å². The lowest BCUT2D eigenvalue weighted by atomic mass is 9.81. The van der Waals surface area contributed by atoms with E-state index in [1.54, 1.807) is 0 Å². The van der Waals surface area contributed by atoms with E-state index in [4.69, 9.17) is 16.9 Å². The number of hydrogen-bond acceptors (Lipinski definition) is 3. The second kappa shape index (κ2) is 5.49. The van der Waals surface area contributed by atoms with Gasteiger partial charge in [-0.3, -0.25) is 0 Å². The number of hydrogen-bond donors (Lipinski definition) is 1. The average Bonchev–Trinajstić information content (AvgIpc) is 2.24. The van der Waals surface area contributed by atoms with E-state index in [0.29, 0.717) is 11.5 Å². The zero-order chi connectivity index (χ0) is 14.0. The Hall–Kier alpha value is -1.09. The van der Waals surface area contributed by atoms with Crippen LogP contribution in [0, 0.1) is 17.2 Å². The van der Waals surface area contributed by atoms with Crippen LogP contribution in [0.1, 0.15) is 31.7 Å². The van der Waals surface area contributed by atoms with Crippen molar-refractivity contribution < 1.29 is 8.42 Å². The van der Waals surface area contributed by atoms with Crippen LogP contribution in [0.4, 0.5) is 0 Å². The van der Waals surface area contributed by atoms with Gasteiger partial charge < -0.3 is 0 Å². The van der Waals surface area contributed by atoms with E-state index >= 15 is 0 Å². The molecule has 0 bridgehead atoms. The summed E-state index contributed by atoms with van der Waals surface area (Å²) in [6.07, 6.45) is 3.28. The summed E-state index contributed by atoms with van der Waals surface area (Å²) in [5, 5.41) is 8.82. The van der Waals surface area contributed by atoms with E-state index in [-0.39, 0.29) is 16.0 Å². The molecule has 0 radical (unpaired) electrons. The molecular weight excluding hydrogens is 284 g/mol. The zero-order valence-electron chi connectivity index (χ0n) is 10.6. The number of nitrogens with one attached hydrogen (secondary N) is 1. The summed E-state index contributed by atoms with van der Waals surface area (Å²) >= 11 is 5.93. The van der Waals surface area contributed by atoms with Crippen LogP contribution in [-0.2, 0) is 10.0 Å². The van der Waals surface area contributed by atoms with E-state index in [9.17, 15) is 8.42 Å². The molecule has 6 heteroatoms. The third-order valence-electron chi connectivity index (χ3n) is 3.55. The minimum absolute atomic E-state index is 0.0272. The van der Waals surface area contributed by atoms with Crippen LogP contribution in [0.25, 0.3) is 0 Å². The summed E-state index contributed by atoms with van der Waals surface area (Å²) in [4.78, 5) is 0.0272. The summed E-state index contributed by atoms with van der Waals surface area (Å²) in [5.74, 6) is 0.409. The Bertz CT molecular complexity index is 618. The molecule has 1 fully saturated rings. The van der Waals surface area contributed by atoms with Gasteiger partial charge in [-0.2, -0.15) is 5.26 Å². The van der Waals surface area contributed by atoms with E-state index in [0.717, 1.165) is 19.3 Å². The normalized spacial score (nSPS) is 17.5. The number of rotatable bonds is 4. The Morgan fingerprint density at radius 1 is 1.47 bits per heavy atom. The molecule has 1 saturated carbocycles. The van der Waals surface area contributed by atoms with Gasteiger partial charge in [0.2, 0.25) is 10.0 Å². The molecule has 0 amide bonds. The fourth-order valence-electron chi connectivity index (χ4n) is 2.13. The first-order valence-corrected chi connectivity index (χ1v) is 8.02. The predicted octanol–water partition coefficient (Wildman–Crippen LogP) is 2.68. The van der Waals surface area contributed by atoms with Crippen LogP contribution in [0.15, 0.2) is 23.1 Å². The Balaban J connectivity index is 2.21.